The molecular weight excluding hydrogens is 507 g/mol. The zero-order valence-corrected chi connectivity index (χ0v) is 19.4. The first-order chi connectivity index (χ1) is 12.7. The quantitative estimate of drug-likeness (QED) is 0.203. The summed E-state index contributed by atoms with van der Waals surface area (Å²) in [6, 6.07) is 6.42. The molecule has 0 spiro atoms. The molecule has 0 aliphatic heterocycles. The lowest BCUT2D eigenvalue weighted by Gasteiger charge is -2.22. The number of nitrogens with one attached hydrogen (secondary N) is 1. The van der Waals surface area contributed by atoms with Crippen LogP contribution in [0.25, 0.3) is 0 Å². The first kappa shape index (κ1) is 26.8. The maximum atomic E-state index is 12.2. The van der Waals surface area contributed by atoms with E-state index in [-0.39, 0.29) is 42.1 Å². The molecule has 0 unspecified atom stereocenters. The molecule has 0 aliphatic carbocycles. The van der Waals surface area contributed by atoms with Gasteiger partial charge in [-0.15, -0.1) is 24.0 Å². The lowest BCUT2D eigenvalue weighted by atomic mass is 10.2. The highest BCUT2D eigenvalue weighted by molar-refractivity contribution is 14.0. The van der Waals surface area contributed by atoms with Crippen molar-refractivity contribution >= 4 is 39.8 Å². The minimum atomic E-state index is -3.03. The van der Waals surface area contributed by atoms with Crippen molar-refractivity contribution < 1.29 is 26.7 Å². The normalized spacial score (nSPS) is 11.9. The van der Waals surface area contributed by atoms with Crippen LogP contribution < -0.4 is 10.1 Å². The van der Waals surface area contributed by atoms with Gasteiger partial charge in [-0.1, -0.05) is 12.1 Å². The predicted molar refractivity (Wildman–Crippen MR) is 116 cm³/mol. The summed E-state index contributed by atoms with van der Waals surface area (Å²) < 4.78 is 56.0. The minimum absolute atomic E-state index is 0. The monoisotopic (exact) mass is 535 g/mol. The van der Waals surface area contributed by atoms with Gasteiger partial charge < -0.3 is 19.7 Å². The highest BCUT2D eigenvalue weighted by Gasteiger charge is 2.08. The zero-order chi connectivity index (χ0) is 20.3. The van der Waals surface area contributed by atoms with Crippen molar-refractivity contribution in [3.8, 4) is 5.75 Å². The second-order valence-corrected chi connectivity index (χ2v) is 8.12. The van der Waals surface area contributed by atoms with Crippen LogP contribution in [0.4, 0.5) is 8.78 Å². The third-order valence-electron chi connectivity index (χ3n) is 3.36. The summed E-state index contributed by atoms with van der Waals surface area (Å²) in [7, 11) is -1.17. The van der Waals surface area contributed by atoms with E-state index in [2.05, 4.69) is 15.0 Å². The number of aliphatic imine (C=N–C) groups is 1. The number of hydrogen-bond acceptors (Lipinski definition) is 5. The van der Waals surface area contributed by atoms with Crippen molar-refractivity contribution in [2.24, 2.45) is 4.99 Å². The van der Waals surface area contributed by atoms with Crippen molar-refractivity contribution in [2.75, 3.05) is 45.4 Å². The van der Waals surface area contributed by atoms with E-state index >= 15 is 0 Å². The van der Waals surface area contributed by atoms with Gasteiger partial charge in [-0.2, -0.15) is 8.78 Å². The van der Waals surface area contributed by atoms with Gasteiger partial charge in [0.25, 0.3) is 0 Å². The van der Waals surface area contributed by atoms with Crippen LogP contribution in [0.2, 0.25) is 0 Å². The molecule has 0 saturated carbocycles. The summed E-state index contributed by atoms with van der Waals surface area (Å²) in [6.45, 7) is 1.16. The molecule has 1 aromatic rings. The standard InChI is InChI=1S/C17H27F2N3O4S.HI/c1-4-20-17(21-9-10-25-11-12-27(3,23)24)22(2)13-14-5-7-15(8-6-14)26-16(18)19;/h5-8,16H,4,9-13H2,1-3H3,(H,20,21);1H. The van der Waals surface area contributed by atoms with E-state index in [1.165, 1.54) is 18.4 Å². The molecular formula is C17H28F2IN3O4S. The number of alkyl halides is 2. The summed E-state index contributed by atoms with van der Waals surface area (Å²) in [4.78, 5) is 6.33. The Morgan fingerprint density at radius 2 is 1.89 bits per heavy atom. The van der Waals surface area contributed by atoms with Crippen LogP contribution in [0.5, 0.6) is 5.75 Å². The Morgan fingerprint density at radius 3 is 2.43 bits per heavy atom. The fourth-order valence-corrected chi connectivity index (χ4v) is 2.54. The number of halogens is 3. The van der Waals surface area contributed by atoms with Crippen LogP contribution in [0, 0.1) is 0 Å². The van der Waals surface area contributed by atoms with Gasteiger partial charge >= 0.3 is 6.61 Å². The van der Waals surface area contributed by atoms with Crippen LogP contribution in [-0.4, -0.2) is 71.2 Å². The average Bonchev–Trinajstić information content (AvgIpc) is 2.57. The molecule has 0 atom stereocenters. The molecule has 0 aliphatic rings. The summed E-state index contributed by atoms with van der Waals surface area (Å²) >= 11 is 0. The lowest BCUT2D eigenvalue weighted by molar-refractivity contribution is -0.0498. The molecule has 0 saturated heterocycles. The molecule has 0 heterocycles. The van der Waals surface area contributed by atoms with Gasteiger partial charge in [0.05, 0.1) is 25.5 Å². The molecule has 28 heavy (non-hydrogen) atoms. The van der Waals surface area contributed by atoms with Crippen LogP contribution in [-0.2, 0) is 21.1 Å². The highest BCUT2D eigenvalue weighted by atomic mass is 127. The van der Waals surface area contributed by atoms with Gasteiger partial charge in [-0.3, -0.25) is 4.99 Å². The molecule has 0 amide bonds. The van der Waals surface area contributed by atoms with Crippen molar-refractivity contribution in [2.45, 2.75) is 20.1 Å². The summed E-state index contributed by atoms with van der Waals surface area (Å²) in [5.41, 5.74) is 0.911. The van der Waals surface area contributed by atoms with Gasteiger partial charge in [-0.05, 0) is 24.6 Å². The number of sulfone groups is 1. The average molecular weight is 535 g/mol. The van der Waals surface area contributed by atoms with Gasteiger partial charge in [0, 0.05) is 26.4 Å². The fourth-order valence-electron chi connectivity index (χ4n) is 2.12. The van der Waals surface area contributed by atoms with Crippen molar-refractivity contribution in [1.82, 2.24) is 10.2 Å². The zero-order valence-electron chi connectivity index (χ0n) is 16.2. The molecule has 0 radical (unpaired) electrons. The molecule has 0 aromatic heterocycles. The van der Waals surface area contributed by atoms with Crippen molar-refractivity contribution in [3.63, 3.8) is 0 Å². The third-order valence-corrected chi connectivity index (χ3v) is 4.27. The van der Waals surface area contributed by atoms with Crippen LogP contribution in [0.15, 0.2) is 29.3 Å². The van der Waals surface area contributed by atoms with E-state index in [0.717, 1.165) is 5.56 Å². The number of rotatable bonds is 11. The Bertz CT molecular complexity index is 688. The summed E-state index contributed by atoms with van der Waals surface area (Å²) in [5, 5.41) is 3.16. The maximum Gasteiger partial charge on any atom is 0.387 e. The molecule has 0 fully saturated rings. The Labute approximate surface area is 182 Å². The van der Waals surface area contributed by atoms with Gasteiger partial charge in [0.2, 0.25) is 0 Å². The number of benzene rings is 1. The van der Waals surface area contributed by atoms with Crippen molar-refractivity contribution in [3.05, 3.63) is 29.8 Å². The SMILES string of the molecule is CCNC(=NCCOCCS(C)(=O)=O)N(C)Cc1ccc(OC(F)F)cc1.I. The number of nitrogens with zero attached hydrogens (tertiary/aromatic N) is 2. The summed E-state index contributed by atoms with van der Waals surface area (Å²) in [6.07, 6.45) is 1.17. The lowest BCUT2D eigenvalue weighted by Crippen LogP contribution is -2.38. The maximum absolute atomic E-state index is 12.2. The molecule has 1 rings (SSSR count). The fraction of sp³-hybridized carbons (Fsp3) is 0.588. The van der Waals surface area contributed by atoms with Gasteiger partial charge in [-0.25, -0.2) is 8.42 Å². The third kappa shape index (κ3) is 12.3. The molecule has 1 aromatic carbocycles. The number of hydrogen-bond donors (Lipinski definition) is 1. The molecule has 162 valence electrons. The van der Waals surface area contributed by atoms with E-state index < -0.39 is 16.4 Å². The van der Waals surface area contributed by atoms with E-state index in [4.69, 9.17) is 4.74 Å². The first-order valence-electron chi connectivity index (χ1n) is 8.50. The molecule has 1 N–H and O–H groups in total. The summed E-state index contributed by atoms with van der Waals surface area (Å²) in [5.74, 6) is 0.766. The Kier molecular flexibility index (Phi) is 13.3. The molecule has 0 bridgehead atoms. The van der Waals surface area contributed by atoms with Crippen LogP contribution in [0.3, 0.4) is 0 Å². The Hall–Kier alpha value is -1.21. The highest BCUT2D eigenvalue weighted by Crippen LogP contribution is 2.15. The molecule has 7 nitrogen and oxygen atoms in total. The smallest absolute Gasteiger partial charge is 0.387 e. The van der Waals surface area contributed by atoms with Crippen LogP contribution >= 0.6 is 24.0 Å². The van der Waals surface area contributed by atoms with Gasteiger partial charge in [0.1, 0.15) is 15.6 Å². The first-order valence-corrected chi connectivity index (χ1v) is 10.6. The second-order valence-electron chi connectivity index (χ2n) is 5.86. The topological polar surface area (TPSA) is 80.2 Å². The second kappa shape index (κ2) is 13.9. The van der Waals surface area contributed by atoms with Crippen molar-refractivity contribution in [1.29, 1.82) is 0 Å². The predicted octanol–water partition coefficient (Wildman–Crippen LogP) is 2.36. The minimum Gasteiger partial charge on any atom is -0.435 e. The Balaban J connectivity index is 0.00000729. The largest absolute Gasteiger partial charge is 0.435 e. The van der Waals surface area contributed by atoms with E-state index in [1.54, 1.807) is 12.1 Å². The van der Waals surface area contributed by atoms with Crippen LogP contribution in [0.1, 0.15) is 12.5 Å². The number of ether oxygens (including phenoxy) is 2. The Morgan fingerprint density at radius 1 is 1.25 bits per heavy atom. The number of guanidine groups is 1. The van der Waals surface area contributed by atoms with E-state index in [9.17, 15) is 17.2 Å². The van der Waals surface area contributed by atoms with E-state index in [0.29, 0.717) is 32.2 Å². The van der Waals surface area contributed by atoms with E-state index in [1.807, 2.05) is 18.9 Å². The molecule has 11 heteroatoms. The van der Waals surface area contributed by atoms with Gasteiger partial charge in [0.15, 0.2) is 5.96 Å².